The van der Waals surface area contributed by atoms with Gasteiger partial charge < -0.3 is 9.47 Å². The van der Waals surface area contributed by atoms with Gasteiger partial charge in [0.1, 0.15) is 5.82 Å². The van der Waals surface area contributed by atoms with Crippen molar-refractivity contribution in [3.8, 4) is 0 Å². The maximum Gasteiger partial charge on any atom is 0.226 e. The summed E-state index contributed by atoms with van der Waals surface area (Å²) in [6.45, 7) is 5.86. The molecule has 0 spiro atoms. The Morgan fingerprint density at radius 2 is 2.05 bits per heavy atom. The van der Waals surface area contributed by atoms with Crippen molar-refractivity contribution in [1.29, 1.82) is 0 Å². The molecule has 3 rings (SSSR count). The first kappa shape index (κ1) is 12.5. The Hall–Kier alpha value is -1.58. The molecule has 1 fully saturated rings. The Morgan fingerprint density at radius 1 is 1.32 bits per heavy atom. The minimum Gasteiger partial charge on any atom is -0.340 e. The number of rotatable bonds is 2. The SMILES string of the molecule is Cc1cnc(C)n1C1CCN(C(=O)C2CC=CC2)C1. The van der Waals surface area contributed by atoms with E-state index in [1.807, 2.05) is 18.0 Å². The van der Waals surface area contributed by atoms with Gasteiger partial charge in [-0.25, -0.2) is 4.98 Å². The van der Waals surface area contributed by atoms with Crippen molar-refractivity contribution in [2.24, 2.45) is 5.92 Å². The van der Waals surface area contributed by atoms with Crippen molar-refractivity contribution in [3.63, 3.8) is 0 Å². The number of aryl methyl sites for hydroxylation is 2. The molecular formula is C15H21N3O. The van der Waals surface area contributed by atoms with Crippen LogP contribution in [-0.2, 0) is 4.79 Å². The van der Waals surface area contributed by atoms with E-state index in [-0.39, 0.29) is 5.92 Å². The highest BCUT2D eigenvalue weighted by molar-refractivity contribution is 5.80. The molecule has 1 aromatic rings. The highest BCUT2D eigenvalue weighted by Gasteiger charge is 2.32. The third-order valence-corrected chi connectivity index (χ3v) is 4.36. The van der Waals surface area contributed by atoms with Crippen LogP contribution < -0.4 is 0 Å². The molecular weight excluding hydrogens is 238 g/mol. The van der Waals surface area contributed by atoms with E-state index in [0.717, 1.165) is 38.2 Å². The summed E-state index contributed by atoms with van der Waals surface area (Å²) in [5.41, 5.74) is 1.19. The van der Waals surface area contributed by atoms with Crippen LogP contribution in [0.3, 0.4) is 0 Å². The zero-order valence-corrected chi connectivity index (χ0v) is 11.7. The fraction of sp³-hybridized carbons (Fsp3) is 0.600. The summed E-state index contributed by atoms with van der Waals surface area (Å²) in [5, 5.41) is 0. The third-order valence-electron chi connectivity index (χ3n) is 4.36. The summed E-state index contributed by atoms with van der Waals surface area (Å²) in [6, 6.07) is 0.404. The number of hydrogen-bond donors (Lipinski definition) is 0. The summed E-state index contributed by atoms with van der Waals surface area (Å²) < 4.78 is 2.28. The van der Waals surface area contributed by atoms with Crippen molar-refractivity contribution in [3.05, 3.63) is 29.9 Å². The monoisotopic (exact) mass is 259 g/mol. The van der Waals surface area contributed by atoms with Crippen LogP contribution in [0.2, 0.25) is 0 Å². The van der Waals surface area contributed by atoms with Crippen molar-refractivity contribution in [1.82, 2.24) is 14.5 Å². The van der Waals surface area contributed by atoms with Gasteiger partial charge in [0.15, 0.2) is 0 Å². The standard InChI is InChI=1S/C15H21N3O/c1-11-9-16-12(2)18(11)14-7-8-17(10-14)15(19)13-5-3-4-6-13/h3-4,9,13-14H,5-8,10H2,1-2H3. The summed E-state index contributed by atoms with van der Waals surface area (Å²) >= 11 is 0. The number of amides is 1. The first-order valence-electron chi connectivity index (χ1n) is 7.11. The fourth-order valence-corrected chi connectivity index (χ4v) is 3.35. The summed E-state index contributed by atoms with van der Waals surface area (Å²) in [5.74, 6) is 1.59. The topological polar surface area (TPSA) is 38.1 Å². The van der Waals surface area contributed by atoms with Crippen molar-refractivity contribution < 1.29 is 4.79 Å². The molecule has 102 valence electrons. The lowest BCUT2D eigenvalue weighted by atomic mass is 10.1. The number of carbonyl (C=O) groups excluding carboxylic acids is 1. The second-order valence-corrected chi connectivity index (χ2v) is 5.68. The van der Waals surface area contributed by atoms with Gasteiger partial charge in [-0.05, 0) is 33.1 Å². The van der Waals surface area contributed by atoms with Gasteiger partial charge in [0.25, 0.3) is 0 Å². The molecule has 2 aliphatic rings. The molecule has 2 heterocycles. The van der Waals surface area contributed by atoms with Gasteiger partial charge in [-0.15, -0.1) is 0 Å². The number of allylic oxidation sites excluding steroid dienone is 2. The lowest BCUT2D eigenvalue weighted by Crippen LogP contribution is -2.33. The second-order valence-electron chi connectivity index (χ2n) is 5.68. The molecule has 4 heteroatoms. The van der Waals surface area contributed by atoms with Gasteiger partial charge >= 0.3 is 0 Å². The van der Waals surface area contributed by atoms with E-state index >= 15 is 0 Å². The molecule has 0 N–H and O–H groups in total. The minimum absolute atomic E-state index is 0.198. The quantitative estimate of drug-likeness (QED) is 0.764. The molecule has 1 saturated heterocycles. The molecule has 0 saturated carbocycles. The molecule has 0 radical (unpaired) electrons. The van der Waals surface area contributed by atoms with E-state index in [9.17, 15) is 4.79 Å². The maximum absolute atomic E-state index is 12.4. The van der Waals surface area contributed by atoms with E-state index in [1.165, 1.54) is 5.69 Å². The Labute approximate surface area is 114 Å². The molecule has 19 heavy (non-hydrogen) atoms. The zero-order chi connectivity index (χ0) is 13.4. The minimum atomic E-state index is 0.198. The Bertz CT molecular complexity index is 490. The first-order chi connectivity index (χ1) is 9.16. The van der Waals surface area contributed by atoms with Gasteiger partial charge in [0.05, 0.1) is 6.04 Å². The highest BCUT2D eigenvalue weighted by atomic mass is 16.2. The number of hydrogen-bond acceptors (Lipinski definition) is 2. The van der Waals surface area contributed by atoms with Crippen LogP contribution >= 0.6 is 0 Å². The Balaban J connectivity index is 1.69. The van der Waals surface area contributed by atoms with Gasteiger partial charge in [-0.2, -0.15) is 0 Å². The van der Waals surface area contributed by atoms with E-state index in [1.54, 1.807) is 0 Å². The van der Waals surface area contributed by atoms with Crippen LogP contribution in [0.1, 0.15) is 36.8 Å². The van der Waals surface area contributed by atoms with Gasteiger partial charge in [0, 0.05) is 30.9 Å². The number of nitrogens with zero attached hydrogens (tertiary/aromatic N) is 3. The lowest BCUT2D eigenvalue weighted by Gasteiger charge is -2.21. The molecule has 1 unspecified atom stereocenters. The number of carbonyl (C=O) groups is 1. The highest BCUT2D eigenvalue weighted by Crippen LogP contribution is 2.28. The molecule has 1 aliphatic carbocycles. The lowest BCUT2D eigenvalue weighted by molar-refractivity contribution is -0.134. The van der Waals surface area contributed by atoms with Crippen LogP contribution in [0.25, 0.3) is 0 Å². The molecule has 0 aromatic carbocycles. The van der Waals surface area contributed by atoms with Crippen LogP contribution in [0.4, 0.5) is 0 Å². The van der Waals surface area contributed by atoms with Gasteiger partial charge in [0.2, 0.25) is 5.91 Å². The number of likely N-dealkylation sites (tertiary alicyclic amines) is 1. The van der Waals surface area contributed by atoms with E-state index in [4.69, 9.17) is 0 Å². The van der Waals surface area contributed by atoms with E-state index in [2.05, 4.69) is 28.6 Å². The summed E-state index contributed by atoms with van der Waals surface area (Å²) in [4.78, 5) is 18.8. The fourth-order valence-electron chi connectivity index (χ4n) is 3.35. The second kappa shape index (κ2) is 4.83. The van der Waals surface area contributed by atoms with Crippen molar-refractivity contribution >= 4 is 5.91 Å². The number of imidazole rings is 1. The van der Waals surface area contributed by atoms with Crippen LogP contribution in [0.15, 0.2) is 18.3 Å². The average molecular weight is 259 g/mol. The predicted octanol–water partition coefficient (Wildman–Crippen LogP) is 2.24. The molecule has 1 atom stereocenters. The summed E-state index contributed by atoms with van der Waals surface area (Å²) in [6.07, 6.45) is 9.05. The molecule has 1 aliphatic heterocycles. The Kier molecular flexibility index (Phi) is 3.17. The first-order valence-corrected chi connectivity index (χ1v) is 7.11. The normalized spacial score (nSPS) is 23.5. The molecule has 1 amide bonds. The number of aromatic nitrogens is 2. The molecule has 1 aromatic heterocycles. The Morgan fingerprint density at radius 3 is 2.68 bits per heavy atom. The smallest absolute Gasteiger partial charge is 0.226 e. The largest absolute Gasteiger partial charge is 0.340 e. The zero-order valence-electron chi connectivity index (χ0n) is 11.7. The van der Waals surface area contributed by atoms with Crippen LogP contribution in [-0.4, -0.2) is 33.4 Å². The van der Waals surface area contributed by atoms with Crippen molar-refractivity contribution in [2.45, 2.75) is 39.2 Å². The van der Waals surface area contributed by atoms with Crippen LogP contribution in [0.5, 0.6) is 0 Å². The van der Waals surface area contributed by atoms with Crippen LogP contribution in [0, 0.1) is 19.8 Å². The van der Waals surface area contributed by atoms with Gasteiger partial charge in [-0.3, -0.25) is 4.79 Å². The summed E-state index contributed by atoms with van der Waals surface area (Å²) in [7, 11) is 0. The average Bonchev–Trinajstić information content (AvgIpc) is 3.10. The predicted molar refractivity (Wildman–Crippen MR) is 73.8 cm³/mol. The van der Waals surface area contributed by atoms with E-state index < -0.39 is 0 Å². The van der Waals surface area contributed by atoms with E-state index in [0.29, 0.717) is 11.9 Å². The molecule has 0 bridgehead atoms. The third kappa shape index (κ3) is 2.20. The van der Waals surface area contributed by atoms with Gasteiger partial charge in [-0.1, -0.05) is 12.2 Å². The molecule has 4 nitrogen and oxygen atoms in total. The maximum atomic E-state index is 12.4. The van der Waals surface area contributed by atoms with Crippen molar-refractivity contribution in [2.75, 3.05) is 13.1 Å².